The lowest BCUT2D eigenvalue weighted by atomic mass is 9.90. The molecule has 10 heteroatoms. The molecule has 1 aromatic heterocycles. The normalized spacial score (nSPS) is 14.2. The van der Waals surface area contributed by atoms with Crippen LogP contribution in [0.3, 0.4) is 0 Å². The van der Waals surface area contributed by atoms with Crippen LogP contribution in [0.25, 0.3) is 11.3 Å². The second-order valence-corrected chi connectivity index (χ2v) is 9.24. The fourth-order valence-electron chi connectivity index (χ4n) is 4.42. The van der Waals surface area contributed by atoms with Crippen molar-refractivity contribution in [2.45, 2.75) is 18.5 Å². The number of nitriles is 1. The topological polar surface area (TPSA) is 104 Å². The van der Waals surface area contributed by atoms with E-state index < -0.39 is 17.6 Å². The molecule has 0 aliphatic carbocycles. The summed E-state index contributed by atoms with van der Waals surface area (Å²) in [6.07, 6.45) is -3.89. The number of nitrogens with zero attached hydrogens (tertiary/aromatic N) is 2. The van der Waals surface area contributed by atoms with Crippen molar-refractivity contribution in [2.24, 2.45) is 0 Å². The number of amides is 1. The zero-order valence-electron chi connectivity index (χ0n) is 21.4. The molecule has 0 bridgehead atoms. The number of carbonyl (C=O) groups is 1. The number of aliphatic hydroxyl groups excluding tert-OH is 1. The van der Waals surface area contributed by atoms with Gasteiger partial charge in [0.2, 0.25) is 0 Å². The van der Waals surface area contributed by atoms with Gasteiger partial charge in [0.15, 0.2) is 0 Å². The number of alkyl halides is 3. The monoisotopic (exact) mass is 557 g/mol. The van der Waals surface area contributed by atoms with Crippen molar-refractivity contribution in [3.8, 4) is 34.6 Å². The number of benzene rings is 3. The van der Waals surface area contributed by atoms with Crippen LogP contribution in [0.4, 0.5) is 19.0 Å². The number of anilines is 1. The van der Waals surface area contributed by atoms with Gasteiger partial charge in [0, 0.05) is 28.7 Å². The Bertz CT molecular complexity index is 1660. The van der Waals surface area contributed by atoms with Crippen molar-refractivity contribution in [2.75, 3.05) is 11.9 Å². The Hall–Kier alpha value is -5.30. The number of allylic oxidation sites excluding steroid dienone is 1. The Morgan fingerprint density at radius 2 is 1.83 bits per heavy atom. The average Bonchev–Trinajstić information content (AvgIpc) is 2.96. The molecule has 2 N–H and O–H groups in total. The van der Waals surface area contributed by atoms with Crippen molar-refractivity contribution in [3.63, 3.8) is 0 Å². The van der Waals surface area contributed by atoms with E-state index in [4.69, 9.17) is 9.47 Å². The predicted octanol–water partition coefficient (Wildman–Crippen LogP) is 7.62. The SMILES string of the molecule is C=C(O)C1CCOc2cc(Oc3ccc(C(=O)Nc4cccc(-c5ccc(C(F)(F)F)cc5)n4)cc3)c(C#N)cc21. The number of hydrogen-bond acceptors (Lipinski definition) is 6. The minimum atomic E-state index is -4.44. The highest BCUT2D eigenvalue weighted by atomic mass is 19.4. The number of pyridine rings is 1. The highest BCUT2D eigenvalue weighted by Gasteiger charge is 2.30. The number of aromatic nitrogens is 1. The fraction of sp³-hybridized carbons (Fsp3) is 0.129. The highest BCUT2D eigenvalue weighted by molar-refractivity contribution is 6.03. The maximum absolute atomic E-state index is 12.9. The van der Waals surface area contributed by atoms with Crippen LogP contribution in [0.15, 0.2) is 91.2 Å². The smallest absolute Gasteiger partial charge is 0.416 e. The molecule has 0 spiro atoms. The summed E-state index contributed by atoms with van der Waals surface area (Å²) in [5.41, 5.74) is 1.33. The molecule has 7 nitrogen and oxygen atoms in total. The van der Waals surface area contributed by atoms with Crippen molar-refractivity contribution in [1.82, 2.24) is 4.98 Å². The van der Waals surface area contributed by atoms with E-state index in [-0.39, 0.29) is 28.8 Å². The third-order valence-corrected chi connectivity index (χ3v) is 6.52. The van der Waals surface area contributed by atoms with Crippen molar-refractivity contribution < 1.29 is 32.5 Å². The number of ether oxygens (including phenoxy) is 2. The van der Waals surface area contributed by atoms with Gasteiger partial charge in [-0.2, -0.15) is 18.4 Å². The van der Waals surface area contributed by atoms with Gasteiger partial charge in [-0.25, -0.2) is 4.98 Å². The number of fused-ring (bicyclic) bond motifs is 1. The van der Waals surface area contributed by atoms with Gasteiger partial charge in [0.05, 0.1) is 29.2 Å². The fourth-order valence-corrected chi connectivity index (χ4v) is 4.42. The molecule has 3 aromatic carbocycles. The van der Waals surface area contributed by atoms with E-state index in [2.05, 4.69) is 22.9 Å². The maximum Gasteiger partial charge on any atom is 0.416 e. The van der Waals surface area contributed by atoms with Gasteiger partial charge in [-0.1, -0.05) is 24.8 Å². The first kappa shape index (κ1) is 27.3. The second kappa shape index (κ2) is 11.1. The first-order valence-corrected chi connectivity index (χ1v) is 12.4. The van der Waals surface area contributed by atoms with Gasteiger partial charge in [-0.15, -0.1) is 0 Å². The van der Waals surface area contributed by atoms with Crippen molar-refractivity contribution in [3.05, 3.63) is 113 Å². The standard InChI is InChI=1S/C31H22F3N3O4/c1-18(38)24-13-14-40-28-16-27(21(17-35)15-25(24)28)41-23-11-7-20(8-12-23)30(39)37-29-4-2-3-26(36-29)19-5-9-22(10-6-19)31(32,33)34/h2-12,15-16,24,38H,1,13-14H2,(H,36,37,39). The summed E-state index contributed by atoms with van der Waals surface area (Å²) in [5.74, 6) is 0.571. The van der Waals surface area contributed by atoms with Crippen molar-refractivity contribution in [1.29, 1.82) is 5.26 Å². The van der Waals surface area contributed by atoms with E-state index in [0.717, 1.165) is 12.1 Å². The van der Waals surface area contributed by atoms with E-state index in [1.165, 1.54) is 24.3 Å². The molecule has 5 rings (SSSR count). The average molecular weight is 558 g/mol. The minimum absolute atomic E-state index is 0.00231. The Morgan fingerprint density at radius 1 is 1.10 bits per heavy atom. The lowest BCUT2D eigenvalue weighted by Gasteiger charge is -2.26. The van der Waals surface area contributed by atoms with Gasteiger partial charge in [0.25, 0.3) is 5.91 Å². The molecule has 1 aliphatic rings. The molecule has 4 aromatic rings. The van der Waals surface area contributed by atoms with E-state index in [1.807, 2.05) is 0 Å². The van der Waals surface area contributed by atoms with Gasteiger partial charge in [-0.05, 0) is 61.0 Å². The second-order valence-electron chi connectivity index (χ2n) is 9.24. The molecule has 1 amide bonds. The zero-order valence-corrected chi connectivity index (χ0v) is 21.4. The summed E-state index contributed by atoms with van der Waals surface area (Å²) in [7, 11) is 0. The van der Waals surface area contributed by atoms with Crippen LogP contribution in [0.5, 0.6) is 17.2 Å². The lowest BCUT2D eigenvalue weighted by molar-refractivity contribution is -0.137. The predicted molar refractivity (Wildman–Crippen MR) is 145 cm³/mol. The van der Waals surface area contributed by atoms with E-state index in [1.54, 1.807) is 42.5 Å². The van der Waals surface area contributed by atoms with Crippen LogP contribution < -0.4 is 14.8 Å². The number of aliphatic hydroxyl groups is 1. The Morgan fingerprint density at radius 3 is 2.49 bits per heavy atom. The first-order valence-electron chi connectivity index (χ1n) is 12.4. The lowest BCUT2D eigenvalue weighted by Crippen LogP contribution is -2.16. The molecule has 1 aliphatic heterocycles. The molecule has 41 heavy (non-hydrogen) atoms. The summed E-state index contributed by atoms with van der Waals surface area (Å²) < 4.78 is 50.2. The molecule has 0 fully saturated rings. The van der Waals surface area contributed by atoms with E-state index in [0.29, 0.717) is 46.9 Å². The van der Waals surface area contributed by atoms with Crippen LogP contribution in [-0.4, -0.2) is 22.6 Å². The largest absolute Gasteiger partial charge is 0.512 e. The molecule has 1 unspecified atom stereocenters. The van der Waals surface area contributed by atoms with Crippen LogP contribution in [0, 0.1) is 11.3 Å². The van der Waals surface area contributed by atoms with Crippen molar-refractivity contribution >= 4 is 11.7 Å². The summed E-state index contributed by atoms with van der Waals surface area (Å²) >= 11 is 0. The molecule has 206 valence electrons. The number of hydrogen-bond donors (Lipinski definition) is 2. The molecule has 0 radical (unpaired) electrons. The van der Waals surface area contributed by atoms with E-state index >= 15 is 0 Å². The molecule has 0 saturated carbocycles. The number of carbonyl (C=O) groups excluding carboxylic acids is 1. The zero-order chi connectivity index (χ0) is 29.1. The van der Waals surface area contributed by atoms with Gasteiger partial charge in [0.1, 0.15) is 29.1 Å². The number of halogens is 3. The van der Waals surface area contributed by atoms with Crippen LogP contribution in [0.1, 0.15) is 39.4 Å². The summed E-state index contributed by atoms with van der Waals surface area (Å²) in [6, 6.07) is 21.0. The third-order valence-electron chi connectivity index (χ3n) is 6.52. The molecule has 1 atom stereocenters. The van der Waals surface area contributed by atoms with Gasteiger partial charge in [-0.3, -0.25) is 4.79 Å². The van der Waals surface area contributed by atoms with Gasteiger partial charge < -0.3 is 19.9 Å². The maximum atomic E-state index is 12.9. The van der Waals surface area contributed by atoms with Crippen LogP contribution >= 0.6 is 0 Å². The Balaban J connectivity index is 1.29. The Labute approximate surface area is 233 Å². The molecule has 2 heterocycles. The first-order chi connectivity index (χ1) is 19.6. The number of rotatable bonds is 6. The summed E-state index contributed by atoms with van der Waals surface area (Å²) in [4.78, 5) is 17.2. The summed E-state index contributed by atoms with van der Waals surface area (Å²) in [6.45, 7) is 4.00. The molecular formula is C31H22F3N3O4. The van der Waals surface area contributed by atoms with Gasteiger partial charge >= 0.3 is 6.18 Å². The minimum Gasteiger partial charge on any atom is -0.512 e. The van der Waals surface area contributed by atoms with Crippen LogP contribution in [0.2, 0.25) is 0 Å². The summed E-state index contributed by atoms with van der Waals surface area (Å²) in [5, 5.41) is 22.3. The Kier molecular flexibility index (Phi) is 7.36. The number of nitrogens with one attached hydrogen (secondary N) is 1. The third kappa shape index (κ3) is 5.99. The quantitative estimate of drug-likeness (QED) is 0.236. The molecular weight excluding hydrogens is 535 g/mol. The molecule has 0 saturated heterocycles. The van der Waals surface area contributed by atoms with E-state index in [9.17, 15) is 28.3 Å². The van der Waals surface area contributed by atoms with Crippen LogP contribution in [-0.2, 0) is 6.18 Å². The highest BCUT2D eigenvalue weighted by Crippen LogP contribution is 2.41.